The zero-order valence-electron chi connectivity index (χ0n) is 16.8. The molecule has 0 fully saturated rings. The third-order valence-corrected chi connectivity index (χ3v) is 6.11. The summed E-state index contributed by atoms with van der Waals surface area (Å²) in [7, 11) is -1.87. The predicted octanol–water partition coefficient (Wildman–Crippen LogP) is 2.88. The molecule has 1 N–H and O–H groups in total. The van der Waals surface area contributed by atoms with Crippen molar-refractivity contribution in [1.29, 1.82) is 0 Å². The first kappa shape index (κ1) is 21.0. The fourth-order valence-electron chi connectivity index (χ4n) is 3.38. The highest BCUT2D eigenvalue weighted by molar-refractivity contribution is 7.92. The van der Waals surface area contributed by atoms with E-state index < -0.39 is 16.1 Å². The minimum absolute atomic E-state index is 0.174. The molecule has 156 valence electrons. The number of hydrogen-bond donors (Lipinski definition) is 1. The van der Waals surface area contributed by atoms with E-state index in [9.17, 15) is 13.2 Å². The number of nitrogens with one attached hydrogen (secondary N) is 1. The lowest BCUT2D eigenvalue weighted by Crippen LogP contribution is -2.41. The molecule has 8 heteroatoms. The van der Waals surface area contributed by atoms with Crippen LogP contribution in [0.25, 0.3) is 0 Å². The number of para-hydroxylation sites is 2. The monoisotopic (exact) mass is 418 g/mol. The lowest BCUT2D eigenvalue weighted by molar-refractivity contribution is -0.128. The number of anilines is 1. The molecule has 1 aliphatic rings. The Kier molecular flexibility index (Phi) is 6.32. The Balaban J connectivity index is 1.78. The summed E-state index contributed by atoms with van der Waals surface area (Å²) >= 11 is 0. The van der Waals surface area contributed by atoms with Gasteiger partial charge in [-0.2, -0.15) is 0 Å². The number of carbonyl (C=O) groups is 1. The van der Waals surface area contributed by atoms with Crippen LogP contribution in [-0.4, -0.2) is 40.3 Å². The van der Waals surface area contributed by atoms with Gasteiger partial charge in [-0.25, -0.2) is 8.42 Å². The number of nitrogens with zero attached hydrogens (tertiary/aromatic N) is 1. The third-order valence-electron chi connectivity index (χ3n) is 4.93. The van der Waals surface area contributed by atoms with Crippen molar-refractivity contribution in [2.75, 3.05) is 24.2 Å². The van der Waals surface area contributed by atoms with Gasteiger partial charge >= 0.3 is 0 Å². The summed E-state index contributed by atoms with van der Waals surface area (Å²) in [5, 5.41) is 3.03. The van der Waals surface area contributed by atoms with E-state index in [-0.39, 0.29) is 24.9 Å². The summed E-state index contributed by atoms with van der Waals surface area (Å²) in [5.41, 5.74) is 1.42. The Morgan fingerprint density at radius 1 is 1.24 bits per heavy atom. The van der Waals surface area contributed by atoms with Crippen LogP contribution < -0.4 is 19.1 Å². The number of rotatable bonds is 6. The average Bonchev–Trinajstić information content (AvgIpc) is 2.91. The minimum Gasteiger partial charge on any atom is -0.497 e. The molecule has 2 atom stereocenters. The van der Waals surface area contributed by atoms with Crippen molar-refractivity contribution in [1.82, 2.24) is 5.32 Å². The minimum atomic E-state index is -3.48. The zero-order chi connectivity index (χ0) is 21.0. The number of carbonyl (C=O) groups excluding carboxylic acids is 1. The van der Waals surface area contributed by atoms with E-state index in [1.165, 1.54) is 4.31 Å². The standard InChI is InChI=1S/C21H26N2O5S/c1-4-17(15-9-11-16(27-2)12-10-15)22-21(24)20-13-14-23(29(3,25)26)18-7-5-6-8-19(18)28-20/h5-12,17,20H,4,13-14H2,1-3H3,(H,22,24)/t17-,20+/m1/s1. The van der Waals surface area contributed by atoms with Gasteiger partial charge in [0.2, 0.25) is 10.0 Å². The Labute approximate surface area is 171 Å². The van der Waals surface area contributed by atoms with Crippen molar-refractivity contribution in [2.45, 2.75) is 31.9 Å². The Morgan fingerprint density at radius 2 is 1.93 bits per heavy atom. The van der Waals surface area contributed by atoms with Crippen LogP contribution in [0.5, 0.6) is 11.5 Å². The first-order chi connectivity index (χ1) is 13.8. The lowest BCUT2D eigenvalue weighted by Gasteiger charge is -2.22. The molecule has 3 rings (SSSR count). The second kappa shape index (κ2) is 8.73. The largest absolute Gasteiger partial charge is 0.497 e. The molecule has 0 bridgehead atoms. The van der Waals surface area contributed by atoms with Gasteiger partial charge in [-0.1, -0.05) is 31.2 Å². The number of methoxy groups -OCH3 is 1. The summed E-state index contributed by atoms with van der Waals surface area (Å²) in [5.74, 6) is 0.866. The summed E-state index contributed by atoms with van der Waals surface area (Å²) in [4.78, 5) is 13.0. The second-order valence-electron chi connectivity index (χ2n) is 6.94. The van der Waals surface area contributed by atoms with Gasteiger partial charge in [0.15, 0.2) is 6.10 Å². The number of hydrogen-bond acceptors (Lipinski definition) is 5. The Bertz CT molecular complexity index is 959. The van der Waals surface area contributed by atoms with Gasteiger partial charge in [0.05, 0.1) is 25.1 Å². The van der Waals surface area contributed by atoms with Crippen LogP contribution in [0, 0.1) is 0 Å². The van der Waals surface area contributed by atoms with E-state index in [2.05, 4.69) is 5.32 Å². The van der Waals surface area contributed by atoms with Gasteiger partial charge in [-0.05, 0) is 36.2 Å². The molecule has 1 amide bonds. The summed E-state index contributed by atoms with van der Waals surface area (Å²) < 4.78 is 36.8. The molecule has 29 heavy (non-hydrogen) atoms. The molecule has 0 radical (unpaired) electrons. The molecular formula is C21H26N2O5S. The molecule has 2 aromatic carbocycles. The van der Waals surface area contributed by atoms with Crippen molar-refractivity contribution >= 4 is 21.6 Å². The molecule has 1 aliphatic heterocycles. The molecule has 2 aromatic rings. The number of sulfonamides is 1. The van der Waals surface area contributed by atoms with Crippen molar-refractivity contribution in [3.8, 4) is 11.5 Å². The van der Waals surface area contributed by atoms with Crippen molar-refractivity contribution < 1.29 is 22.7 Å². The van der Waals surface area contributed by atoms with E-state index in [0.29, 0.717) is 17.9 Å². The second-order valence-corrected chi connectivity index (χ2v) is 8.85. The predicted molar refractivity (Wildman–Crippen MR) is 112 cm³/mol. The normalized spacial score (nSPS) is 17.5. The average molecular weight is 419 g/mol. The van der Waals surface area contributed by atoms with E-state index in [1.54, 1.807) is 31.4 Å². The van der Waals surface area contributed by atoms with Gasteiger partial charge in [0.25, 0.3) is 5.91 Å². The molecule has 0 saturated heterocycles. The number of benzene rings is 2. The van der Waals surface area contributed by atoms with Gasteiger partial charge in [-0.15, -0.1) is 0 Å². The van der Waals surface area contributed by atoms with E-state index in [4.69, 9.17) is 9.47 Å². The van der Waals surface area contributed by atoms with E-state index >= 15 is 0 Å². The molecular weight excluding hydrogens is 392 g/mol. The first-order valence-corrected chi connectivity index (χ1v) is 11.4. The van der Waals surface area contributed by atoms with Gasteiger partial charge < -0.3 is 14.8 Å². The highest BCUT2D eigenvalue weighted by atomic mass is 32.2. The number of amides is 1. The van der Waals surface area contributed by atoms with E-state index in [0.717, 1.165) is 17.6 Å². The van der Waals surface area contributed by atoms with Crippen molar-refractivity contribution in [2.24, 2.45) is 0 Å². The van der Waals surface area contributed by atoms with Gasteiger partial charge in [0.1, 0.15) is 11.5 Å². The molecule has 0 saturated carbocycles. The number of fused-ring (bicyclic) bond motifs is 1. The summed E-state index contributed by atoms with van der Waals surface area (Å²) in [6, 6.07) is 14.2. The number of ether oxygens (including phenoxy) is 2. The van der Waals surface area contributed by atoms with Crippen LogP contribution in [-0.2, 0) is 14.8 Å². The van der Waals surface area contributed by atoms with Gasteiger partial charge in [-0.3, -0.25) is 9.10 Å². The first-order valence-electron chi connectivity index (χ1n) is 9.51. The quantitative estimate of drug-likeness (QED) is 0.780. The van der Waals surface area contributed by atoms with Crippen molar-refractivity contribution in [3.05, 3.63) is 54.1 Å². The molecule has 1 heterocycles. The highest BCUT2D eigenvalue weighted by Gasteiger charge is 2.31. The fourth-order valence-corrected chi connectivity index (χ4v) is 4.33. The van der Waals surface area contributed by atoms with E-state index in [1.807, 2.05) is 31.2 Å². The van der Waals surface area contributed by atoms with Crippen LogP contribution in [0.4, 0.5) is 5.69 Å². The maximum absolute atomic E-state index is 13.0. The summed E-state index contributed by atoms with van der Waals surface area (Å²) in [6.45, 7) is 2.16. The maximum Gasteiger partial charge on any atom is 0.261 e. The molecule has 0 spiro atoms. The van der Waals surface area contributed by atoms with Crippen LogP contribution in [0.2, 0.25) is 0 Å². The lowest BCUT2D eigenvalue weighted by atomic mass is 10.0. The maximum atomic E-state index is 13.0. The fraction of sp³-hybridized carbons (Fsp3) is 0.381. The van der Waals surface area contributed by atoms with Crippen LogP contribution in [0.3, 0.4) is 0 Å². The SMILES string of the molecule is CC[C@@H](NC(=O)[C@@H]1CCN(S(C)(=O)=O)c2ccccc2O1)c1ccc(OC)cc1. The third kappa shape index (κ3) is 4.82. The molecule has 7 nitrogen and oxygen atoms in total. The Hall–Kier alpha value is -2.74. The molecule has 0 aromatic heterocycles. The van der Waals surface area contributed by atoms with Crippen LogP contribution >= 0.6 is 0 Å². The summed E-state index contributed by atoms with van der Waals surface area (Å²) in [6.07, 6.45) is 1.33. The zero-order valence-corrected chi connectivity index (χ0v) is 17.6. The molecule has 0 unspecified atom stereocenters. The topological polar surface area (TPSA) is 84.9 Å². The van der Waals surface area contributed by atoms with Crippen LogP contribution in [0.15, 0.2) is 48.5 Å². The Morgan fingerprint density at radius 3 is 2.55 bits per heavy atom. The van der Waals surface area contributed by atoms with Crippen molar-refractivity contribution in [3.63, 3.8) is 0 Å². The van der Waals surface area contributed by atoms with Gasteiger partial charge in [0, 0.05) is 13.0 Å². The van der Waals surface area contributed by atoms with Crippen LogP contribution in [0.1, 0.15) is 31.4 Å². The highest BCUT2D eigenvalue weighted by Crippen LogP contribution is 2.34. The molecule has 0 aliphatic carbocycles. The smallest absolute Gasteiger partial charge is 0.261 e.